The molecule has 0 aliphatic carbocycles. The molecule has 0 spiro atoms. The summed E-state index contributed by atoms with van der Waals surface area (Å²) in [6.07, 6.45) is 0.0873. The fraction of sp³-hybridized carbons (Fsp3) is 0.321. The fourth-order valence-electron chi connectivity index (χ4n) is 3.90. The normalized spacial score (nSPS) is 13.2. The molecule has 3 aromatic carbocycles. The van der Waals surface area contributed by atoms with Crippen LogP contribution in [-0.4, -0.2) is 43.9 Å². The van der Waals surface area contributed by atoms with Gasteiger partial charge in [-0.05, 0) is 54.3 Å². The van der Waals surface area contributed by atoms with Crippen LogP contribution >= 0.6 is 0 Å². The molecule has 0 aliphatic heterocycles. The van der Waals surface area contributed by atoms with E-state index in [0.29, 0.717) is 13.0 Å². The van der Waals surface area contributed by atoms with Crippen molar-refractivity contribution < 1.29 is 27.1 Å². The maximum Gasteiger partial charge on any atom is 0.251 e. The first-order valence-electron chi connectivity index (χ1n) is 12.2. The predicted octanol–water partition coefficient (Wildman–Crippen LogP) is 4.03. The molecule has 37 heavy (non-hydrogen) atoms. The van der Waals surface area contributed by atoms with Crippen LogP contribution in [0.2, 0.25) is 0 Å². The molecule has 0 saturated carbocycles. The lowest BCUT2D eigenvalue weighted by atomic mass is 10.00. The molecule has 6 nitrogen and oxygen atoms in total. The standard InChI is InChI=1S/C28H32F2N2O4S/c1-2-3-12-37(35,36)25-11-7-10-22(16-25)28(34)32-26(15-21-13-23(29)17-24(30)14-21)27(33)19-31-18-20-8-5-4-6-9-20/h4-11,13-14,16-17,26-27,31,33H,2-3,12,15,18-19H2,1H3,(H,32,34). The van der Waals surface area contributed by atoms with Crippen molar-refractivity contribution in [2.24, 2.45) is 0 Å². The molecule has 0 fully saturated rings. The molecule has 0 saturated heterocycles. The number of aliphatic hydroxyl groups is 1. The van der Waals surface area contributed by atoms with Gasteiger partial charge in [0.05, 0.1) is 22.8 Å². The van der Waals surface area contributed by atoms with E-state index in [-0.39, 0.29) is 34.7 Å². The van der Waals surface area contributed by atoms with Crippen LogP contribution in [0.1, 0.15) is 41.3 Å². The maximum absolute atomic E-state index is 13.8. The van der Waals surface area contributed by atoms with Gasteiger partial charge in [-0.2, -0.15) is 0 Å². The van der Waals surface area contributed by atoms with Crippen LogP contribution in [-0.2, 0) is 22.8 Å². The van der Waals surface area contributed by atoms with Crippen molar-refractivity contribution in [2.75, 3.05) is 12.3 Å². The Balaban J connectivity index is 1.77. The summed E-state index contributed by atoms with van der Waals surface area (Å²) >= 11 is 0. The predicted molar refractivity (Wildman–Crippen MR) is 139 cm³/mol. The molecule has 0 heterocycles. The van der Waals surface area contributed by atoms with E-state index in [1.165, 1.54) is 24.3 Å². The lowest BCUT2D eigenvalue weighted by Crippen LogP contribution is -2.48. The van der Waals surface area contributed by atoms with Gasteiger partial charge in [-0.25, -0.2) is 17.2 Å². The van der Waals surface area contributed by atoms with E-state index >= 15 is 0 Å². The Labute approximate surface area is 216 Å². The molecule has 0 radical (unpaired) electrons. The molecule has 0 bridgehead atoms. The number of hydrogen-bond donors (Lipinski definition) is 3. The zero-order chi connectivity index (χ0) is 26.8. The number of rotatable bonds is 13. The zero-order valence-corrected chi connectivity index (χ0v) is 21.5. The Morgan fingerprint density at radius 1 is 0.946 bits per heavy atom. The van der Waals surface area contributed by atoms with Crippen molar-refractivity contribution in [1.82, 2.24) is 10.6 Å². The highest BCUT2D eigenvalue weighted by molar-refractivity contribution is 7.91. The fourth-order valence-corrected chi connectivity index (χ4v) is 5.40. The summed E-state index contributed by atoms with van der Waals surface area (Å²) in [6.45, 7) is 2.47. The van der Waals surface area contributed by atoms with Gasteiger partial charge < -0.3 is 15.7 Å². The van der Waals surface area contributed by atoms with Crippen molar-refractivity contribution in [3.63, 3.8) is 0 Å². The largest absolute Gasteiger partial charge is 0.390 e. The van der Waals surface area contributed by atoms with Gasteiger partial charge in [-0.15, -0.1) is 0 Å². The molecule has 198 valence electrons. The number of benzene rings is 3. The first kappa shape index (κ1) is 28.4. The van der Waals surface area contributed by atoms with Crippen molar-refractivity contribution in [2.45, 2.75) is 49.8 Å². The van der Waals surface area contributed by atoms with Gasteiger partial charge in [0, 0.05) is 24.7 Å². The summed E-state index contributed by atoms with van der Waals surface area (Å²) in [7, 11) is -3.54. The number of halogens is 2. The Hall–Kier alpha value is -3.14. The Kier molecular flexibility index (Phi) is 10.3. The summed E-state index contributed by atoms with van der Waals surface area (Å²) in [5.41, 5.74) is 1.38. The number of carbonyl (C=O) groups excluding carboxylic acids is 1. The van der Waals surface area contributed by atoms with Gasteiger partial charge in [-0.3, -0.25) is 4.79 Å². The molecular formula is C28H32F2N2O4S. The van der Waals surface area contributed by atoms with Crippen LogP contribution in [0.25, 0.3) is 0 Å². The van der Waals surface area contributed by atoms with E-state index in [1.54, 1.807) is 0 Å². The summed E-state index contributed by atoms with van der Waals surface area (Å²) in [6, 6.07) is 17.4. The van der Waals surface area contributed by atoms with Crippen molar-refractivity contribution in [3.05, 3.63) is 101 Å². The molecule has 2 atom stereocenters. The molecule has 0 aromatic heterocycles. The average Bonchev–Trinajstić information content (AvgIpc) is 2.87. The van der Waals surface area contributed by atoms with E-state index in [0.717, 1.165) is 30.2 Å². The molecule has 3 rings (SSSR count). The molecular weight excluding hydrogens is 498 g/mol. The Morgan fingerprint density at radius 2 is 1.65 bits per heavy atom. The van der Waals surface area contributed by atoms with Gasteiger partial charge >= 0.3 is 0 Å². The number of sulfone groups is 1. The second kappa shape index (κ2) is 13.4. The lowest BCUT2D eigenvalue weighted by molar-refractivity contribution is 0.0829. The SMILES string of the molecule is CCCCS(=O)(=O)c1cccc(C(=O)NC(Cc2cc(F)cc(F)c2)C(O)CNCc2ccccc2)c1. The highest BCUT2D eigenvalue weighted by Gasteiger charge is 2.24. The summed E-state index contributed by atoms with van der Waals surface area (Å²) in [4.78, 5) is 13.1. The Morgan fingerprint density at radius 3 is 2.32 bits per heavy atom. The number of unbranched alkanes of at least 4 members (excludes halogenated alkanes) is 1. The van der Waals surface area contributed by atoms with E-state index in [1.807, 2.05) is 37.3 Å². The number of hydrogen-bond acceptors (Lipinski definition) is 5. The highest BCUT2D eigenvalue weighted by atomic mass is 32.2. The average molecular weight is 531 g/mol. The third kappa shape index (κ3) is 8.73. The van der Waals surface area contributed by atoms with E-state index in [2.05, 4.69) is 10.6 Å². The first-order valence-corrected chi connectivity index (χ1v) is 13.8. The minimum atomic E-state index is -3.54. The maximum atomic E-state index is 13.8. The quantitative estimate of drug-likeness (QED) is 0.310. The third-order valence-electron chi connectivity index (χ3n) is 5.91. The first-order chi connectivity index (χ1) is 17.7. The van der Waals surface area contributed by atoms with Gasteiger partial charge in [0.2, 0.25) is 0 Å². The van der Waals surface area contributed by atoms with E-state index in [9.17, 15) is 27.1 Å². The molecule has 3 aromatic rings. The second-order valence-electron chi connectivity index (χ2n) is 8.95. The molecule has 0 aliphatic rings. The minimum Gasteiger partial charge on any atom is -0.390 e. The monoisotopic (exact) mass is 530 g/mol. The zero-order valence-electron chi connectivity index (χ0n) is 20.7. The summed E-state index contributed by atoms with van der Waals surface area (Å²) < 4.78 is 52.7. The minimum absolute atomic E-state index is 0.0197. The number of aliphatic hydroxyl groups excluding tert-OH is 1. The summed E-state index contributed by atoms with van der Waals surface area (Å²) in [5.74, 6) is -2.14. The summed E-state index contributed by atoms with van der Waals surface area (Å²) in [5, 5.41) is 16.7. The van der Waals surface area contributed by atoms with Crippen molar-refractivity contribution >= 4 is 15.7 Å². The van der Waals surface area contributed by atoms with Crippen LogP contribution < -0.4 is 10.6 Å². The van der Waals surface area contributed by atoms with Crippen molar-refractivity contribution in [1.29, 1.82) is 0 Å². The molecule has 3 N–H and O–H groups in total. The Bertz CT molecular complexity index is 1270. The van der Waals surface area contributed by atoms with Crippen LogP contribution in [0.15, 0.2) is 77.7 Å². The molecule has 1 amide bonds. The van der Waals surface area contributed by atoms with Gasteiger partial charge in [0.15, 0.2) is 9.84 Å². The van der Waals surface area contributed by atoms with Crippen LogP contribution in [0.3, 0.4) is 0 Å². The molecule has 9 heteroatoms. The van der Waals surface area contributed by atoms with Gasteiger partial charge in [0.1, 0.15) is 11.6 Å². The number of carbonyl (C=O) groups is 1. The highest BCUT2D eigenvalue weighted by Crippen LogP contribution is 2.17. The van der Waals surface area contributed by atoms with Crippen molar-refractivity contribution in [3.8, 4) is 0 Å². The van der Waals surface area contributed by atoms with Gasteiger partial charge in [0.25, 0.3) is 5.91 Å². The van der Waals surface area contributed by atoms with E-state index in [4.69, 9.17) is 0 Å². The lowest BCUT2D eigenvalue weighted by Gasteiger charge is -2.25. The van der Waals surface area contributed by atoms with Gasteiger partial charge in [-0.1, -0.05) is 49.7 Å². The van der Waals surface area contributed by atoms with Crippen LogP contribution in [0.4, 0.5) is 8.78 Å². The second-order valence-corrected chi connectivity index (χ2v) is 11.1. The molecule has 2 unspecified atom stereocenters. The number of amides is 1. The van der Waals surface area contributed by atoms with Crippen LogP contribution in [0.5, 0.6) is 0 Å². The topological polar surface area (TPSA) is 95.5 Å². The smallest absolute Gasteiger partial charge is 0.251 e. The number of nitrogens with one attached hydrogen (secondary N) is 2. The third-order valence-corrected chi connectivity index (χ3v) is 7.70. The van der Waals surface area contributed by atoms with Crippen LogP contribution in [0, 0.1) is 11.6 Å². The van der Waals surface area contributed by atoms with E-state index < -0.39 is 39.5 Å².